The molecular weight excluding hydrogens is 290 g/mol. The van der Waals surface area contributed by atoms with Gasteiger partial charge >= 0.3 is 5.97 Å². The molecule has 1 N–H and O–H groups in total. The number of carboxylic acids is 1. The molecule has 0 aliphatic carbocycles. The average Bonchev–Trinajstić information content (AvgIpc) is 2.43. The SMILES string of the molecule is CCCCS(=O)(=O)N(C)Cc1cccc(C=CC(=O)O)c1. The van der Waals surface area contributed by atoms with Crippen LogP contribution in [0.4, 0.5) is 0 Å². The zero-order valence-electron chi connectivity index (χ0n) is 12.3. The van der Waals surface area contributed by atoms with E-state index < -0.39 is 16.0 Å². The first-order valence-electron chi connectivity index (χ1n) is 6.79. The fraction of sp³-hybridized carbons (Fsp3) is 0.400. The molecule has 0 saturated carbocycles. The molecule has 1 rings (SSSR count). The summed E-state index contributed by atoms with van der Waals surface area (Å²) in [6.07, 6.45) is 4.02. The van der Waals surface area contributed by atoms with Gasteiger partial charge in [-0.15, -0.1) is 0 Å². The van der Waals surface area contributed by atoms with E-state index in [9.17, 15) is 13.2 Å². The number of hydrogen-bond acceptors (Lipinski definition) is 3. The molecule has 0 unspecified atom stereocenters. The maximum absolute atomic E-state index is 12.0. The summed E-state index contributed by atoms with van der Waals surface area (Å²) in [6.45, 7) is 2.23. The summed E-state index contributed by atoms with van der Waals surface area (Å²) in [6, 6.07) is 7.16. The summed E-state index contributed by atoms with van der Waals surface area (Å²) in [5.74, 6) is -0.863. The second kappa shape index (κ2) is 7.95. The van der Waals surface area contributed by atoms with E-state index >= 15 is 0 Å². The van der Waals surface area contributed by atoms with Gasteiger partial charge in [0.1, 0.15) is 0 Å². The zero-order valence-corrected chi connectivity index (χ0v) is 13.1. The molecule has 1 aromatic rings. The largest absolute Gasteiger partial charge is 0.478 e. The van der Waals surface area contributed by atoms with E-state index in [1.165, 1.54) is 10.4 Å². The number of carboxylic acid groups (broad SMARTS) is 1. The lowest BCUT2D eigenvalue weighted by Gasteiger charge is -2.17. The fourth-order valence-electron chi connectivity index (χ4n) is 1.80. The molecule has 0 atom stereocenters. The van der Waals surface area contributed by atoms with Gasteiger partial charge in [-0.1, -0.05) is 37.6 Å². The Morgan fingerprint density at radius 2 is 2.10 bits per heavy atom. The van der Waals surface area contributed by atoms with Crippen molar-refractivity contribution in [1.29, 1.82) is 0 Å². The number of rotatable bonds is 8. The molecule has 0 bridgehead atoms. The Morgan fingerprint density at radius 1 is 1.38 bits per heavy atom. The van der Waals surface area contributed by atoms with E-state index in [4.69, 9.17) is 5.11 Å². The maximum atomic E-state index is 12.0. The number of unbranched alkanes of at least 4 members (excludes halogenated alkanes) is 1. The van der Waals surface area contributed by atoms with E-state index in [2.05, 4.69) is 0 Å². The second-order valence-electron chi connectivity index (χ2n) is 4.84. The van der Waals surface area contributed by atoms with Crippen molar-refractivity contribution < 1.29 is 18.3 Å². The van der Waals surface area contributed by atoms with Crippen molar-refractivity contribution in [2.75, 3.05) is 12.8 Å². The minimum absolute atomic E-state index is 0.151. The Labute approximate surface area is 126 Å². The molecule has 0 aliphatic heterocycles. The van der Waals surface area contributed by atoms with Gasteiger partial charge in [0.25, 0.3) is 0 Å². The Balaban J connectivity index is 2.79. The van der Waals surface area contributed by atoms with Gasteiger partial charge in [-0.3, -0.25) is 0 Å². The minimum Gasteiger partial charge on any atom is -0.478 e. The first-order chi connectivity index (χ1) is 9.85. The van der Waals surface area contributed by atoms with Crippen molar-refractivity contribution in [1.82, 2.24) is 4.31 Å². The summed E-state index contributed by atoms with van der Waals surface area (Å²) < 4.78 is 25.4. The third-order valence-electron chi connectivity index (χ3n) is 3.01. The first kappa shape index (κ1) is 17.4. The van der Waals surface area contributed by atoms with Crippen LogP contribution < -0.4 is 0 Å². The third-order valence-corrected chi connectivity index (χ3v) is 4.89. The number of benzene rings is 1. The molecule has 0 heterocycles. The first-order valence-corrected chi connectivity index (χ1v) is 8.40. The van der Waals surface area contributed by atoms with Gasteiger partial charge in [0.15, 0.2) is 0 Å². The third kappa shape index (κ3) is 6.10. The maximum Gasteiger partial charge on any atom is 0.328 e. The number of hydrogen-bond donors (Lipinski definition) is 1. The van der Waals surface area contributed by atoms with E-state index in [0.29, 0.717) is 6.42 Å². The lowest BCUT2D eigenvalue weighted by molar-refractivity contribution is -0.131. The van der Waals surface area contributed by atoms with Crippen LogP contribution in [-0.4, -0.2) is 36.6 Å². The molecular formula is C15H21NO4S. The minimum atomic E-state index is -3.24. The predicted octanol–water partition coefficient (Wildman–Crippen LogP) is 2.35. The number of aliphatic carboxylic acids is 1. The Bertz CT molecular complexity index is 608. The van der Waals surface area contributed by atoms with Crippen LogP contribution >= 0.6 is 0 Å². The van der Waals surface area contributed by atoms with Gasteiger partial charge in [0.05, 0.1) is 5.75 Å². The Hall–Kier alpha value is -1.66. The molecule has 21 heavy (non-hydrogen) atoms. The topological polar surface area (TPSA) is 74.7 Å². The van der Waals surface area contributed by atoms with Crippen molar-refractivity contribution in [3.63, 3.8) is 0 Å². The van der Waals surface area contributed by atoms with Gasteiger partial charge in [-0.25, -0.2) is 17.5 Å². The quantitative estimate of drug-likeness (QED) is 0.748. The van der Waals surface area contributed by atoms with Crippen LogP contribution in [0, 0.1) is 0 Å². The van der Waals surface area contributed by atoms with Gasteiger partial charge in [0.2, 0.25) is 10.0 Å². The Morgan fingerprint density at radius 3 is 2.71 bits per heavy atom. The average molecular weight is 311 g/mol. The fourth-order valence-corrected chi connectivity index (χ4v) is 3.11. The Kier molecular flexibility index (Phi) is 6.58. The highest BCUT2D eigenvalue weighted by Crippen LogP contribution is 2.12. The summed E-state index contributed by atoms with van der Waals surface area (Å²) in [5, 5.41) is 8.60. The number of sulfonamides is 1. The van der Waals surface area contributed by atoms with Crippen molar-refractivity contribution >= 4 is 22.1 Å². The van der Waals surface area contributed by atoms with E-state index in [0.717, 1.165) is 23.6 Å². The predicted molar refractivity (Wildman–Crippen MR) is 83.3 cm³/mol. The summed E-state index contributed by atoms with van der Waals surface area (Å²) in [5.41, 5.74) is 1.55. The van der Waals surface area contributed by atoms with Crippen LogP contribution in [0.15, 0.2) is 30.3 Å². The summed E-state index contributed by atoms with van der Waals surface area (Å²) >= 11 is 0. The molecule has 0 fully saturated rings. The van der Waals surface area contributed by atoms with E-state index in [1.54, 1.807) is 25.2 Å². The molecule has 5 nitrogen and oxygen atoms in total. The summed E-state index contributed by atoms with van der Waals surface area (Å²) in [7, 11) is -1.68. The van der Waals surface area contributed by atoms with Gasteiger partial charge in [-0.2, -0.15) is 0 Å². The standard InChI is InChI=1S/C15H21NO4S/c1-3-4-10-21(19,20)16(2)12-14-7-5-6-13(11-14)8-9-15(17)18/h5-9,11H,3-4,10,12H2,1-2H3,(H,17,18). The highest BCUT2D eigenvalue weighted by atomic mass is 32.2. The van der Waals surface area contributed by atoms with Crippen molar-refractivity contribution in [2.24, 2.45) is 0 Å². The smallest absolute Gasteiger partial charge is 0.328 e. The van der Waals surface area contributed by atoms with E-state index in [-0.39, 0.29) is 12.3 Å². The monoisotopic (exact) mass is 311 g/mol. The molecule has 1 aromatic carbocycles. The van der Waals surface area contributed by atoms with Crippen LogP contribution in [0.5, 0.6) is 0 Å². The van der Waals surface area contributed by atoms with Gasteiger partial charge in [-0.05, 0) is 23.6 Å². The molecule has 0 saturated heterocycles. The molecule has 0 amide bonds. The number of nitrogens with zero attached hydrogens (tertiary/aromatic N) is 1. The van der Waals surface area contributed by atoms with Crippen molar-refractivity contribution in [3.8, 4) is 0 Å². The van der Waals surface area contributed by atoms with Crippen LogP contribution in [0.3, 0.4) is 0 Å². The number of carbonyl (C=O) groups is 1. The highest BCUT2D eigenvalue weighted by molar-refractivity contribution is 7.89. The lowest BCUT2D eigenvalue weighted by atomic mass is 10.1. The van der Waals surface area contributed by atoms with Crippen molar-refractivity contribution in [2.45, 2.75) is 26.3 Å². The molecule has 6 heteroatoms. The lowest BCUT2D eigenvalue weighted by Crippen LogP contribution is -2.28. The van der Waals surface area contributed by atoms with Gasteiger partial charge < -0.3 is 5.11 Å². The van der Waals surface area contributed by atoms with Crippen molar-refractivity contribution in [3.05, 3.63) is 41.5 Å². The van der Waals surface area contributed by atoms with Crippen LogP contribution in [0.25, 0.3) is 6.08 Å². The molecule has 0 spiro atoms. The van der Waals surface area contributed by atoms with E-state index in [1.807, 2.05) is 13.0 Å². The summed E-state index contributed by atoms with van der Waals surface area (Å²) in [4.78, 5) is 10.5. The zero-order chi connectivity index (χ0) is 15.9. The molecule has 0 aliphatic rings. The normalized spacial score (nSPS) is 12.1. The molecule has 0 aromatic heterocycles. The molecule has 116 valence electrons. The highest BCUT2D eigenvalue weighted by Gasteiger charge is 2.17. The van der Waals surface area contributed by atoms with Crippen LogP contribution in [0.2, 0.25) is 0 Å². The molecule has 0 radical (unpaired) electrons. The second-order valence-corrected chi connectivity index (χ2v) is 7.04. The van der Waals surface area contributed by atoms with Crippen LogP contribution in [0.1, 0.15) is 30.9 Å². The van der Waals surface area contributed by atoms with Gasteiger partial charge in [0, 0.05) is 19.7 Å². The van der Waals surface area contributed by atoms with Crippen LogP contribution in [-0.2, 0) is 21.4 Å².